The maximum atomic E-state index is 12.5. The molecule has 54 heavy (non-hydrogen) atoms. The van der Waals surface area contributed by atoms with Crippen molar-refractivity contribution in [3.63, 3.8) is 0 Å². The summed E-state index contributed by atoms with van der Waals surface area (Å²) in [6.07, 6.45) is 43.8. The molecule has 0 rings (SSSR count). The number of phosphoric ester groups is 1. The molecule has 0 fully saturated rings. The largest absolute Gasteiger partial charge is 0.472 e. The smallest absolute Gasteiger partial charge is 0.462 e. The van der Waals surface area contributed by atoms with Crippen LogP contribution in [0.25, 0.3) is 0 Å². The number of rotatable bonds is 36. The number of carbonyl (C=O) groups is 2. The molecule has 0 heterocycles. The van der Waals surface area contributed by atoms with Gasteiger partial charge in [-0.25, -0.2) is 4.57 Å². The lowest BCUT2D eigenvalue weighted by Crippen LogP contribution is -2.29. The molecule has 0 amide bonds. The zero-order chi connectivity index (χ0) is 39.8. The first kappa shape index (κ1) is 51.1. The van der Waals surface area contributed by atoms with Gasteiger partial charge in [0.15, 0.2) is 6.10 Å². The van der Waals surface area contributed by atoms with Crippen molar-refractivity contribution < 1.29 is 42.7 Å². The quantitative estimate of drug-likeness (QED) is 0.0242. The molecule has 0 saturated carbocycles. The number of aliphatic hydroxyl groups is 1. The first-order valence-corrected chi connectivity index (χ1v) is 21.6. The van der Waals surface area contributed by atoms with Gasteiger partial charge in [-0.1, -0.05) is 131 Å². The summed E-state index contributed by atoms with van der Waals surface area (Å²) in [5.41, 5.74) is 5.33. The van der Waals surface area contributed by atoms with Crippen molar-refractivity contribution in [1.29, 1.82) is 0 Å². The molecular weight excluding hydrogens is 705 g/mol. The van der Waals surface area contributed by atoms with Crippen molar-refractivity contribution in [2.45, 2.75) is 148 Å². The van der Waals surface area contributed by atoms with E-state index in [0.29, 0.717) is 19.3 Å². The van der Waals surface area contributed by atoms with E-state index in [9.17, 15) is 24.2 Å². The van der Waals surface area contributed by atoms with E-state index in [4.69, 9.17) is 24.3 Å². The van der Waals surface area contributed by atoms with Crippen LogP contribution in [0.1, 0.15) is 136 Å². The summed E-state index contributed by atoms with van der Waals surface area (Å²) < 4.78 is 32.6. The van der Waals surface area contributed by atoms with Crippen molar-refractivity contribution in [3.05, 3.63) is 85.1 Å². The lowest BCUT2D eigenvalue weighted by Gasteiger charge is -2.19. The van der Waals surface area contributed by atoms with Crippen molar-refractivity contribution in [2.24, 2.45) is 5.73 Å². The van der Waals surface area contributed by atoms with Crippen LogP contribution in [0, 0.1) is 0 Å². The number of phosphoric acid groups is 1. The number of ether oxygens (including phenoxy) is 2. The molecule has 0 aliphatic rings. The SMILES string of the molecule is CC/C=C\C/C=C\C/C=C\CCCCCCCC(=O)O[C@H](COC(=O)CCC/C=C\C/C=C\C/C=C\C/C=C\[C@@H](O)CCCC)COP(=O)(O)OCCN. The molecule has 0 aliphatic heterocycles. The molecule has 0 aromatic heterocycles. The van der Waals surface area contributed by atoms with Gasteiger partial charge in [-0.15, -0.1) is 0 Å². The standard InChI is InChI=1S/C43H72NO9P/c1-3-5-7-8-9-10-11-12-13-14-19-22-25-28-31-35-43(47)53-41(39-52-54(48,49)51-37-36-44)38-50-42(46)34-30-27-24-21-18-16-15-17-20-23-26-29-33-40(45)32-6-4-2/h5,7,9-10,12-13,15-16,20-21,23-24,29,33,40-41,45H,3-4,6,8,11,14,17-19,22,25-28,30-32,34-39,44H2,1-2H3,(H,48,49)/b7-5-,10-9-,13-12-,16-15-,23-20-,24-21-,33-29-/t40-,41+/m0/s1. The summed E-state index contributed by atoms with van der Waals surface area (Å²) in [6, 6.07) is 0. The molecule has 0 saturated heterocycles. The van der Waals surface area contributed by atoms with E-state index in [-0.39, 0.29) is 38.7 Å². The predicted molar refractivity (Wildman–Crippen MR) is 221 cm³/mol. The van der Waals surface area contributed by atoms with E-state index in [1.165, 1.54) is 0 Å². The van der Waals surface area contributed by atoms with Crippen molar-refractivity contribution in [3.8, 4) is 0 Å². The van der Waals surface area contributed by atoms with E-state index >= 15 is 0 Å². The van der Waals surface area contributed by atoms with E-state index in [0.717, 1.165) is 89.9 Å². The van der Waals surface area contributed by atoms with Crippen LogP contribution in [0.3, 0.4) is 0 Å². The molecule has 0 radical (unpaired) electrons. The number of hydrogen-bond acceptors (Lipinski definition) is 9. The molecule has 0 spiro atoms. The molecule has 0 bridgehead atoms. The molecule has 3 atom stereocenters. The Kier molecular flexibility index (Phi) is 36.4. The molecular formula is C43H72NO9P. The third-order valence-corrected chi connectivity index (χ3v) is 8.82. The Labute approximate surface area is 326 Å². The second-order valence-corrected chi connectivity index (χ2v) is 14.4. The monoisotopic (exact) mass is 777 g/mol. The van der Waals surface area contributed by atoms with Gasteiger partial charge in [0, 0.05) is 19.4 Å². The molecule has 0 aliphatic carbocycles. The lowest BCUT2D eigenvalue weighted by molar-refractivity contribution is -0.161. The third-order valence-electron chi connectivity index (χ3n) is 7.84. The van der Waals surface area contributed by atoms with E-state index in [2.05, 4.69) is 74.6 Å². The summed E-state index contributed by atoms with van der Waals surface area (Å²) >= 11 is 0. The van der Waals surface area contributed by atoms with Crippen LogP contribution in [-0.2, 0) is 32.7 Å². The van der Waals surface area contributed by atoms with Gasteiger partial charge in [0.05, 0.1) is 19.3 Å². The number of hydrogen-bond donors (Lipinski definition) is 3. The Morgan fingerprint density at radius 2 is 1.19 bits per heavy atom. The molecule has 4 N–H and O–H groups in total. The number of carbonyl (C=O) groups excluding carboxylic acids is 2. The Morgan fingerprint density at radius 1 is 0.648 bits per heavy atom. The highest BCUT2D eigenvalue weighted by atomic mass is 31.2. The second-order valence-electron chi connectivity index (χ2n) is 12.9. The fourth-order valence-electron chi connectivity index (χ4n) is 4.83. The molecule has 10 nitrogen and oxygen atoms in total. The van der Waals surface area contributed by atoms with Gasteiger partial charge in [0.1, 0.15) is 6.61 Å². The highest BCUT2D eigenvalue weighted by Gasteiger charge is 2.25. The van der Waals surface area contributed by atoms with Crippen LogP contribution in [0.2, 0.25) is 0 Å². The van der Waals surface area contributed by atoms with Crippen LogP contribution in [0.5, 0.6) is 0 Å². The maximum Gasteiger partial charge on any atom is 0.472 e. The minimum atomic E-state index is -4.41. The van der Waals surface area contributed by atoms with Crippen LogP contribution in [0.15, 0.2) is 85.1 Å². The normalized spacial score (nSPS) is 14.8. The average molecular weight is 778 g/mol. The third kappa shape index (κ3) is 37.5. The maximum absolute atomic E-state index is 12.5. The first-order chi connectivity index (χ1) is 26.2. The van der Waals surface area contributed by atoms with Crippen LogP contribution in [0.4, 0.5) is 0 Å². The fraction of sp³-hybridized carbons (Fsp3) is 0.628. The van der Waals surface area contributed by atoms with Gasteiger partial charge in [0.25, 0.3) is 0 Å². The lowest BCUT2D eigenvalue weighted by atomic mass is 10.1. The van der Waals surface area contributed by atoms with Gasteiger partial charge >= 0.3 is 19.8 Å². The second kappa shape index (κ2) is 38.4. The zero-order valence-electron chi connectivity index (χ0n) is 33.3. The zero-order valence-corrected chi connectivity index (χ0v) is 34.2. The van der Waals surface area contributed by atoms with E-state index in [1.807, 2.05) is 24.3 Å². The van der Waals surface area contributed by atoms with Crippen LogP contribution in [-0.4, -0.2) is 60.5 Å². The summed E-state index contributed by atoms with van der Waals surface area (Å²) in [7, 11) is -4.41. The van der Waals surface area contributed by atoms with Crippen molar-refractivity contribution >= 4 is 19.8 Å². The van der Waals surface area contributed by atoms with E-state index in [1.54, 1.807) is 0 Å². The van der Waals surface area contributed by atoms with Gasteiger partial charge < -0.3 is 25.2 Å². The molecule has 11 heteroatoms. The highest BCUT2D eigenvalue weighted by molar-refractivity contribution is 7.47. The Hall–Kier alpha value is -2.85. The van der Waals surface area contributed by atoms with Crippen molar-refractivity contribution in [2.75, 3.05) is 26.4 Å². The number of nitrogens with two attached hydrogens (primary N) is 1. The van der Waals surface area contributed by atoms with Crippen LogP contribution < -0.4 is 5.73 Å². The van der Waals surface area contributed by atoms with Crippen LogP contribution >= 0.6 is 7.82 Å². The summed E-state index contributed by atoms with van der Waals surface area (Å²) in [6.45, 7) is 3.33. The minimum absolute atomic E-state index is 0.0320. The molecule has 1 unspecified atom stereocenters. The minimum Gasteiger partial charge on any atom is -0.462 e. The fourth-order valence-corrected chi connectivity index (χ4v) is 5.60. The summed E-state index contributed by atoms with van der Waals surface area (Å²) in [5.74, 6) is -0.947. The Balaban J connectivity index is 4.37. The van der Waals surface area contributed by atoms with Gasteiger partial charge in [0.2, 0.25) is 0 Å². The Bertz CT molecular complexity index is 1180. The van der Waals surface area contributed by atoms with Gasteiger partial charge in [-0.3, -0.25) is 18.6 Å². The van der Waals surface area contributed by atoms with E-state index < -0.39 is 32.5 Å². The first-order valence-electron chi connectivity index (χ1n) is 20.2. The van der Waals surface area contributed by atoms with Gasteiger partial charge in [-0.2, -0.15) is 0 Å². The summed E-state index contributed by atoms with van der Waals surface area (Å²) in [5, 5.41) is 9.80. The number of allylic oxidation sites excluding steroid dienone is 13. The number of aliphatic hydroxyl groups excluding tert-OH is 1. The van der Waals surface area contributed by atoms with Crippen molar-refractivity contribution in [1.82, 2.24) is 0 Å². The van der Waals surface area contributed by atoms with Gasteiger partial charge in [-0.05, 0) is 77.0 Å². The topological polar surface area (TPSA) is 155 Å². The Morgan fingerprint density at radius 3 is 1.80 bits per heavy atom. The highest BCUT2D eigenvalue weighted by Crippen LogP contribution is 2.43. The number of esters is 2. The summed E-state index contributed by atoms with van der Waals surface area (Å²) in [4.78, 5) is 34.8. The predicted octanol–water partition coefficient (Wildman–Crippen LogP) is 10.2. The number of unbranched alkanes of at least 4 members (excludes halogenated alkanes) is 7. The molecule has 0 aromatic rings. The molecule has 0 aromatic carbocycles. The molecule has 308 valence electrons. The average Bonchev–Trinajstić information content (AvgIpc) is 3.15.